The van der Waals surface area contributed by atoms with Gasteiger partial charge in [0, 0.05) is 12.4 Å². The van der Waals surface area contributed by atoms with Crippen molar-refractivity contribution in [1.82, 2.24) is 0 Å². The molecule has 0 amide bonds. The number of carbonyl (C=O) groups excluding carboxylic acids is 1. The predicted molar refractivity (Wildman–Crippen MR) is 107 cm³/mol. The zero-order chi connectivity index (χ0) is 20.2. The van der Waals surface area contributed by atoms with Crippen molar-refractivity contribution in [1.29, 1.82) is 0 Å². The Hall–Kier alpha value is -0.650. The molecule has 1 aliphatic heterocycles. The van der Waals surface area contributed by atoms with Crippen molar-refractivity contribution in [2.24, 2.45) is 0 Å². The molecule has 0 aliphatic carbocycles. The molecule has 0 aromatic heterocycles. The van der Waals surface area contributed by atoms with Crippen LogP contribution in [0.4, 0.5) is 0 Å². The summed E-state index contributed by atoms with van der Waals surface area (Å²) >= 11 is 0. The van der Waals surface area contributed by atoms with E-state index in [0.29, 0.717) is 13.0 Å². The Labute approximate surface area is 167 Å². The van der Waals surface area contributed by atoms with Crippen molar-refractivity contribution in [3.8, 4) is 0 Å². The van der Waals surface area contributed by atoms with E-state index in [4.69, 9.17) is 9.47 Å². The third-order valence-corrected chi connectivity index (χ3v) is 5.59. The highest BCUT2D eigenvalue weighted by molar-refractivity contribution is 5.64. The second-order valence-electron chi connectivity index (χ2n) is 9.08. The number of carboxylic acids is 1. The molecule has 0 aromatic rings. The monoisotopic (exact) mass is 385 g/mol. The maximum absolute atomic E-state index is 10.7. The Balaban J connectivity index is 2.09. The number of quaternary nitrogens is 1. The standard InChI is InChI=1S/C22H43NO4/c1-5-6-7-8-9-10-11-12-13-14-17-23(3,4)18-20-19-26-22(2,27-20)16-15-21(24)25/h20H,5-19H2,1-4H3. The van der Waals surface area contributed by atoms with Crippen molar-refractivity contribution in [2.75, 3.05) is 33.8 Å². The van der Waals surface area contributed by atoms with Gasteiger partial charge in [-0.05, 0) is 26.2 Å². The van der Waals surface area contributed by atoms with Crippen LogP contribution in [0.15, 0.2) is 0 Å². The minimum absolute atomic E-state index is 0.0277. The second kappa shape index (κ2) is 12.7. The van der Waals surface area contributed by atoms with Crippen LogP contribution < -0.4 is 5.11 Å². The summed E-state index contributed by atoms with van der Waals surface area (Å²) in [6, 6.07) is 0. The lowest BCUT2D eigenvalue weighted by Crippen LogP contribution is -2.47. The van der Waals surface area contributed by atoms with Crippen LogP contribution in [-0.2, 0) is 14.3 Å². The second-order valence-corrected chi connectivity index (χ2v) is 9.08. The third kappa shape index (κ3) is 11.7. The molecular weight excluding hydrogens is 342 g/mol. The van der Waals surface area contributed by atoms with E-state index in [2.05, 4.69) is 21.0 Å². The number of nitrogens with zero attached hydrogens (tertiary/aromatic N) is 1. The van der Waals surface area contributed by atoms with E-state index < -0.39 is 11.8 Å². The van der Waals surface area contributed by atoms with Crippen molar-refractivity contribution in [3.05, 3.63) is 0 Å². The molecule has 0 spiro atoms. The summed E-state index contributed by atoms with van der Waals surface area (Å²) < 4.78 is 12.7. The first kappa shape index (κ1) is 24.4. The van der Waals surface area contributed by atoms with E-state index in [1.54, 1.807) is 0 Å². The number of carbonyl (C=O) groups is 1. The van der Waals surface area contributed by atoms with Gasteiger partial charge in [-0.15, -0.1) is 0 Å². The van der Waals surface area contributed by atoms with Crippen LogP contribution in [0.3, 0.4) is 0 Å². The summed E-state index contributed by atoms with van der Waals surface area (Å²) in [6.07, 6.45) is 13.9. The molecule has 0 radical (unpaired) electrons. The van der Waals surface area contributed by atoms with E-state index in [-0.39, 0.29) is 12.5 Å². The molecule has 0 saturated carbocycles. The van der Waals surface area contributed by atoms with Crippen LogP contribution in [0.5, 0.6) is 0 Å². The molecule has 5 nitrogen and oxygen atoms in total. The van der Waals surface area contributed by atoms with Crippen LogP contribution in [0.1, 0.15) is 90.9 Å². The number of ether oxygens (including phenoxy) is 2. The average Bonchev–Trinajstić information content (AvgIpc) is 2.95. The Bertz CT molecular complexity index is 413. The van der Waals surface area contributed by atoms with Crippen LogP contribution in [0, 0.1) is 0 Å². The van der Waals surface area contributed by atoms with Gasteiger partial charge in [-0.25, -0.2) is 0 Å². The molecular formula is C22H43NO4. The quantitative estimate of drug-likeness (QED) is 0.301. The lowest BCUT2D eigenvalue weighted by atomic mass is 10.1. The zero-order valence-corrected chi connectivity index (χ0v) is 18.3. The largest absolute Gasteiger partial charge is 0.550 e. The zero-order valence-electron chi connectivity index (χ0n) is 18.3. The molecule has 1 heterocycles. The summed E-state index contributed by atoms with van der Waals surface area (Å²) in [5.74, 6) is -1.83. The Morgan fingerprint density at radius 2 is 1.59 bits per heavy atom. The molecule has 5 heteroatoms. The Morgan fingerprint density at radius 1 is 1.04 bits per heavy atom. The highest BCUT2D eigenvalue weighted by Crippen LogP contribution is 2.29. The van der Waals surface area contributed by atoms with Crippen molar-refractivity contribution >= 4 is 5.97 Å². The van der Waals surface area contributed by atoms with Crippen molar-refractivity contribution in [3.63, 3.8) is 0 Å². The highest BCUT2D eigenvalue weighted by Gasteiger charge is 2.39. The van der Waals surface area contributed by atoms with Crippen LogP contribution >= 0.6 is 0 Å². The molecule has 2 atom stereocenters. The molecule has 2 unspecified atom stereocenters. The molecule has 1 rings (SSSR count). The van der Waals surface area contributed by atoms with Gasteiger partial charge in [0.1, 0.15) is 12.6 Å². The summed E-state index contributed by atoms with van der Waals surface area (Å²) in [6.45, 7) is 6.69. The van der Waals surface area contributed by atoms with Gasteiger partial charge < -0.3 is 23.9 Å². The predicted octanol–water partition coefficient (Wildman–Crippen LogP) is 3.65. The van der Waals surface area contributed by atoms with Gasteiger partial charge >= 0.3 is 0 Å². The molecule has 1 saturated heterocycles. The van der Waals surface area contributed by atoms with E-state index in [1.807, 2.05) is 6.92 Å². The molecule has 27 heavy (non-hydrogen) atoms. The number of hydrogen-bond donors (Lipinski definition) is 0. The lowest BCUT2D eigenvalue weighted by Gasteiger charge is -2.32. The van der Waals surface area contributed by atoms with Gasteiger partial charge in [0.25, 0.3) is 0 Å². The highest BCUT2D eigenvalue weighted by atomic mass is 16.7. The number of aliphatic carboxylic acids is 1. The van der Waals surface area contributed by atoms with Crippen molar-refractivity contribution < 1.29 is 23.9 Å². The average molecular weight is 386 g/mol. The Kier molecular flexibility index (Phi) is 11.5. The minimum Gasteiger partial charge on any atom is -0.550 e. The topological polar surface area (TPSA) is 58.6 Å². The third-order valence-electron chi connectivity index (χ3n) is 5.59. The first-order chi connectivity index (χ1) is 12.8. The van der Waals surface area contributed by atoms with Gasteiger partial charge in [0.05, 0.1) is 27.2 Å². The first-order valence-electron chi connectivity index (χ1n) is 11.1. The molecule has 0 aromatic carbocycles. The minimum atomic E-state index is -1.05. The normalized spacial score (nSPS) is 23.0. The van der Waals surface area contributed by atoms with Gasteiger partial charge in [-0.1, -0.05) is 58.3 Å². The molecule has 160 valence electrons. The number of likely N-dealkylation sites (N-methyl/N-ethyl adjacent to an activating group) is 1. The molecule has 0 N–H and O–H groups in total. The number of hydrogen-bond acceptors (Lipinski definition) is 4. The summed E-state index contributed by atoms with van der Waals surface area (Å²) in [5.41, 5.74) is 0. The molecule has 1 fully saturated rings. The fourth-order valence-electron chi connectivity index (χ4n) is 3.91. The van der Waals surface area contributed by atoms with Gasteiger partial charge in [0.2, 0.25) is 0 Å². The SMILES string of the molecule is CCCCCCCCCCCC[N+](C)(C)CC1COC(C)(CCC(=O)[O-])O1. The number of unbranched alkanes of at least 4 members (excludes halogenated alkanes) is 9. The smallest absolute Gasteiger partial charge is 0.166 e. The summed E-state index contributed by atoms with van der Waals surface area (Å²) in [5, 5.41) is 10.7. The van der Waals surface area contributed by atoms with Crippen LogP contribution in [0.25, 0.3) is 0 Å². The van der Waals surface area contributed by atoms with Gasteiger partial charge in [-0.2, -0.15) is 0 Å². The van der Waals surface area contributed by atoms with Gasteiger partial charge in [0.15, 0.2) is 5.79 Å². The van der Waals surface area contributed by atoms with E-state index >= 15 is 0 Å². The van der Waals surface area contributed by atoms with Crippen molar-refractivity contribution in [2.45, 2.75) is 103 Å². The van der Waals surface area contributed by atoms with Gasteiger partial charge in [-0.3, -0.25) is 0 Å². The van der Waals surface area contributed by atoms with E-state index in [1.165, 1.54) is 64.2 Å². The number of rotatable bonds is 16. The summed E-state index contributed by atoms with van der Waals surface area (Å²) in [7, 11) is 4.49. The Morgan fingerprint density at radius 3 is 2.15 bits per heavy atom. The summed E-state index contributed by atoms with van der Waals surface area (Å²) in [4.78, 5) is 10.7. The van der Waals surface area contributed by atoms with E-state index in [0.717, 1.165) is 17.6 Å². The number of carboxylic acid groups (broad SMARTS) is 1. The maximum atomic E-state index is 10.7. The fraction of sp³-hybridized carbons (Fsp3) is 0.955. The lowest BCUT2D eigenvalue weighted by molar-refractivity contribution is -0.893. The molecule has 0 bridgehead atoms. The van der Waals surface area contributed by atoms with Crippen LogP contribution in [0.2, 0.25) is 0 Å². The van der Waals surface area contributed by atoms with Crippen LogP contribution in [-0.4, -0.2) is 56.1 Å². The first-order valence-corrected chi connectivity index (χ1v) is 11.1. The van der Waals surface area contributed by atoms with E-state index in [9.17, 15) is 9.90 Å². The fourth-order valence-corrected chi connectivity index (χ4v) is 3.91. The molecule has 1 aliphatic rings. The maximum Gasteiger partial charge on any atom is 0.166 e.